The third-order valence-corrected chi connectivity index (χ3v) is 3.71. The number of carbonyl (C=O) groups is 1. The summed E-state index contributed by atoms with van der Waals surface area (Å²) in [5, 5.41) is 6.80. The van der Waals surface area contributed by atoms with Gasteiger partial charge in [-0.1, -0.05) is 0 Å². The first kappa shape index (κ1) is 15.5. The molecule has 0 radical (unpaired) electrons. The summed E-state index contributed by atoms with van der Waals surface area (Å²) in [6.45, 7) is 3.89. The van der Waals surface area contributed by atoms with Gasteiger partial charge in [-0.2, -0.15) is 5.10 Å². The highest BCUT2D eigenvalue weighted by Gasteiger charge is 2.11. The minimum absolute atomic E-state index is 0.0103. The number of hydrogen-bond donors (Lipinski definition) is 1. The smallest absolute Gasteiger partial charge is 0.235 e. The summed E-state index contributed by atoms with van der Waals surface area (Å²) in [4.78, 5) is 12.0. The molecule has 7 heteroatoms. The number of hydrogen-bond acceptors (Lipinski definition) is 3. The summed E-state index contributed by atoms with van der Waals surface area (Å²) >= 11 is 0.949. The molecule has 1 heterocycles. The van der Waals surface area contributed by atoms with Gasteiger partial charge >= 0.3 is 0 Å². The van der Waals surface area contributed by atoms with Crippen LogP contribution in [0.4, 0.5) is 14.6 Å². The van der Waals surface area contributed by atoms with E-state index in [9.17, 15) is 13.6 Å². The molecule has 21 heavy (non-hydrogen) atoms. The Morgan fingerprint density at radius 2 is 2.14 bits per heavy atom. The van der Waals surface area contributed by atoms with Gasteiger partial charge in [0.05, 0.1) is 11.9 Å². The van der Waals surface area contributed by atoms with Crippen LogP contribution in [0, 0.1) is 11.6 Å². The predicted molar refractivity (Wildman–Crippen MR) is 78.3 cm³/mol. The van der Waals surface area contributed by atoms with E-state index in [1.807, 2.05) is 13.8 Å². The molecule has 0 unspecified atom stereocenters. The number of nitrogens with one attached hydrogen (secondary N) is 1. The molecule has 0 saturated carbocycles. The number of halogens is 2. The number of aromatic nitrogens is 2. The quantitative estimate of drug-likeness (QED) is 0.860. The van der Waals surface area contributed by atoms with Gasteiger partial charge in [-0.25, -0.2) is 13.5 Å². The molecular weight excluding hydrogens is 296 g/mol. The highest BCUT2D eigenvalue weighted by molar-refractivity contribution is 8.00. The summed E-state index contributed by atoms with van der Waals surface area (Å²) in [6, 6.07) is 4.96. The number of thioether (sulfide) groups is 1. The van der Waals surface area contributed by atoms with E-state index in [-0.39, 0.29) is 22.6 Å². The number of amides is 1. The van der Waals surface area contributed by atoms with E-state index in [2.05, 4.69) is 10.4 Å². The molecule has 1 aromatic carbocycles. The van der Waals surface area contributed by atoms with E-state index in [4.69, 9.17) is 0 Å². The lowest BCUT2D eigenvalue weighted by molar-refractivity contribution is -0.113. The van der Waals surface area contributed by atoms with Crippen LogP contribution in [0.5, 0.6) is 0 Å². The third-order valence-electron chi connectivity index (χ3n) is 2.68. The van der Waals surface area contributed by atoms with Crippen LogP contribution in [0.3, 0.4) is 0 Å². The average Bonchev–Trinajstić information content (AvgIpc) is 2.88. The van der Waals surface area contributed by atoms with Gasteiger partial charge in [0.25, 0.3) is 0 Å². The largest absolute Gasteiger partial charge is 0.310 e. The molecule has 112 valence electrons. The van der Waals surface area contributed by atoms with Crippen LogP contribution < -0.4 is 5.32 Å². The molecular formula is C14H15F2N3OS. The van der Waals surface area contributed by atoms with E-state index < -0.39 is 11.6 Å². The first-order valence-corrected chi connectivity index (χ1v) is 7.37. The van der Waals surface area contributed by atoms with Gasteiger partial charge in [0.15, 0.2) is 0 Å². The predicted octanol–water partition coefficient (Wildman–Crippen LogP) is 3.47. The van der Waals surface area contributed by atoms with Crippen molar-refractivity contribution >= 4 is 23.5 Å². The van der Waals surface area contributed by atoms with Crippen molar-refractivity contribution in [3.63, 3.8) is 0 Å². The minimum Gasteiger partial charge on any atom is -0.310 e. The van der Waals surface area contributed by atoms with Crippen LogP contribution in [0.15, 0.2) is 35.4 Å². The zero-order chi connectivity index (χ0) is 15.4. The summed E-state index contributed by atoms with van der Waals surface area (Å²) in [5.74, 6) is -0.802. The van der Waals surface area contributed by atoms with Gasteiger partial charge in [-0.05, 0) is 32.0 Å². The molecule has 2 rings (SSSR count). The minimum atomic E-state index is -0.540. The molecule has 4 nitrogen and oxygen atoms in total. The van der Waals surface area contributed by atoms with E-state index in [1.165, 1.54) is 0 Å². The number of anilines is 1. The number of benzene rings is 1. The zero-order valence-electron chi connectivity index (χ0n) is 11.6. The molecule has 0 atom stereocenters. The van der Waals surface area contributed by atoms with Crippen LogP contribution in [0.25, 0.3) is 0 Å². The van der Waals surface area contributed by atoms with Crippen molar-refractivity contribution in [3.05, 3.63) is 42.1 Å². The van der Waals surface area contributed by atoms with Gasteiger partial charge in [0, 0.05) is 17.0 Å². The second kappa shape index (κ2) is 6.71. The molecule has 0 aliphatic heterocycles. The fraction of sp³-hybridized carbons (Fsp3) is 0.286. The zero-order valence-corrected chi connectivity index (χ0v) is 12.5. The molecule has 2 aromatic rings. The number of rotatable bonds is 5. The second-order valence-corrected chi connectivity index (χ2v) is 5.68. The van der Waals surface area contributed by atoms with Crippen molar-refractivity contribution in [1.29, 1.82) is 0 Å². The van der Waals surface area contributed by atoms with Crippen molar-refractivity contribution in [2.75, 3.05) is 11.1 Å². The molecule has 0 spiro atoms. The van der Waals surface area contributed by atoms with Crippen molar-refractivity contribution < 1.29 is 13.6 Å². The highest BCUT2D eigenvalue weighted by Crippen LogP contribution is 2.23. The van der Waals surface area contributed by atoms with E-state index in [0.29, 0.717) is 5.82 Å². The molecule has 1 amide bonds. The second-order valence-electron chi connectivity index (χ2n) is 4.67. The Labute approximate surface area is 125 Å². The van der Waals surface area contributed by atoms with Crippen LogP contribution in [0.1, 0.15) is 19.9 Å². The Morgan fingerprint density at radius 3 is 2.86 bits per heavy atom. The molecule has 1 aromatic heterocycles. The summed E-state index contributed by atoms with van der Waals surface area (Å²) in [5.41, 5.74) is 0. The van der Waals surface area contributed by atoms with Gasteiger partial charge in [-0.15, -0.1) is 11.8 Å². The Bertz CT molecular complexity index is 643. The average molecular weight is 311 g/mol. The van der Waals surface area contributed by atoms with E-state index >= 15 is 0 Å². The fourth-order valence-corrected chi connectivity index (χ4v) is 2.50. The van der Waals surface area contributed by atoms with Gasteiger partial charge in [-0.3, -0.25) is 4.79 Å². The topological polar surface area (TPSA) is 46.9 Å². The van der Waals surface area contributed by atoms with Crippen LogP contribution >= 0.6 is 11.8 Å². The Morgan fingerprint density at radius 1 is 1.38 bits per heavy atom. The van der Waals surface area contributed by atoms with Crippen LogP contribution in [0.2, 0.25) is 0 Å². The van der Waals surface area contributed by atoms with Crippen molar-refractivity contribution in [2.45, 2.75) is 24.8 Å². The lowest BCUT2D eigenvalue weighted by Crippen LogP contribution is -2.18. The summed E-state index contributed by atoms with van der Waals surface area (Å²) < 4.78 is 28.1. The lowest BCUT2D eigenvalue weighted by atomic mass is 10.3. The molecule has 0 aliphatic rings. The first-order valence-electron chi connectivity index (χ1n) is 6.38. The molecule has 0 aliphatic carbocycles. The molecule has 0 fully saturated rings. The molecule has 0 saturated heterocycles. The van der Waals surface area contributed by atoms with E-state index in [0.717, 1.165) is 30.0 Å². The fourth-order valence-electron chi connectivity index (χ4n) is 1.73. The first-order chi connectivity index (χ1) is 9.97. The van der Waals surface area contributed by atoms with Gasteiger partial charge in [0.1, 0.15) is 17.5 Å². The van der Waals surface area contributed by atoms with Crippen molar-refractivity contribution in [1.82, 2.24) is 9.78 Å². The molecule has 1 N–H and O–H groups in total. The van der Waals surface area contributed by atoms with Gasteiger partial charge < -0.3 is 5.32 Å². The Balaban J connectivity index is 1.96. The Kier molecular flexibility index (Phi) is 4.95. The highest BCUT2D eigenvalue weighted by atomic mass is 32.2. The van der Waals surface area contributed by atoms with Gasteiger partial charge in [0.2, 0.25) is 5.91 Å². The standard InChI is InChI=1S/C14H15F2N3OS/c1-9(2)19-13(5-6-17-19)18-14(20)8-21-12-7-10(15)3-4-11(12)16/h3-7,9H,8H2,1-2H3,(H,18,20). The monoisotopic (exact) mass is 311 g/mol. The van der Waals surface area contributed by atoms with Crippen molar-refractivity contribution in [2.24, 2.45) is 0 Å². The summed E-state index contributed by atoms with van der Waals surface area (Å²) in [7, 11) is 0. The van der Waals surface area contributed by atoms with Crippen LogP contribution in [-0.4, -0.2) is 21.4 Å². The summed E-state index contributed by atoms with van der Waals surface area (Å²) in [6.07, 6.45) is 1.59. The maximum absolute atomic E-state index is 13.4. The van der Waals surface area contributed by atoms with E-state index in [1.54, 1.807) is 16.9 Å². The van der Waals surface area contributed by atoms with Crippen molar-refractivity contribution in [3.8, 4) is 0 Å². The SMILES string of the molecule is CC(C)n1nccc1NC(=O)CSc1cc(F)ccc1F. The lowest BCUT2D eigenvalue weighted by Gasteiger charge is -2.11. The number of carbonyl (C=O) groups excluding carboxylic acids is 1. The van der Waals surface area contributed by atoms with Crippen LogP contribution in [-0.2, 0) is 4.79 Å². The molecule has 0 bridgehead atoms. The third kappa shape index (κ3) is 4.04. The maximum atomic E-state index is 13.4. The maximum Gasteiger partial charge on any atom is 0.235 e. The Hall–Kier alpha value is -1.89. The normalized spacial score (nSPS) is 10.9. The number of nitrogens with zero attached hydrogens (tertiary/aromatic N) is 2.